The van der Waals surface area contributed by atoms with E-state index in [1.165, 1.54) is 0 Å². The predicted octanol–water partition coefficient (Wildman–Crippen LogP) is 2.55. The van der Waals surface area contributed by atoms with Gasteiger partial charge in [0.15, 0.2) is 0 Å². The van der Waals surface area contributed by atoms with Gasteiger partial charge in [0.2, 0.25) is 5.91 Å². The number of carboxylic acids is 1. The van der Waals surface area contributed by atoms with Crippen molar-refractivity contribution in [2.75, 3.05) is 0 Å². The number of carbonyl (C=O) groups is 2. The first-order chi connectivity index (χ1) is 9.04. The Kier molecular flexibility index (Phi) is 6.06. The number of amides is 1. The summed E-state index contributed by atoms with van der Waals surface area (Å²) in [7, 11) is 0. The van der Waals surface area contributed by atoms with Crippen molar-refractivity contribution < 1.29 is 14.7 Å². The zero-order chi connectivity index (χ0) is 14.3. The first kappa shape index (κ1) is 15.2. The van der Waals surface area contributed by atoms with E-state index in [1.54, 1.807) is 0 Å². The second-order valence-corrected chi connectivity index (χ2v) is 4.71. The molecule has 4 nitrogen and oxygen atoms in total. The van der Waals surface area contributed by atoms with E-state index in [0.29, 0.717) is 6.42 Å². The molecule has 1 rings (SSSR count). The van der Waals surface area contributed by atoms with Crippen LogP contribution in [0.3, 0.4) is 0 Å². The molecule has 1 aromatic rings. The molecule has 0 spiro atoms. The summed E-state index contributed by atoms with van der Waals surface area (Å²) in [6, 6.07) is 9.51. The molecule has 104 valence electrons. The Morgan fingerprint density at radius 1 is 1.26 bits per heavy atom. The molecule has 0 aromatic heterocycles. The highest BCUT2D eigenvalue weighted by molar-refractivity contribution is 5.83. The minimum absolute atomic E-state index is 0.0356. The molecule has 4 heteroatoms. The summed E-state index contributed by atoms with van der Waals surface area (Å²) in [6.45, 7) is 3.80. The summed E-state index contributed by atoms with van der Waals surface area (Å²) in [4.78, 5) is 22.7. The first-order valence-corrected chi connectivity index (χ1v) is 6.61. The molecule has 0 radical (unpaired) electrons. The Bertz CT molecular complexity index is 417. The Balaban J connectivity index is 2.57. The number of carbonyl (C=O) groups excluding carboxylic acids is 1. The molecular weight excluding hydrogens is 242 g/mol. The molecule has 0 aliphatic heterocycles. The molecule has 1 amide bonds. The molecule has 19 heavy (non-hydrogen) atoms. The van der Waals surface area contributed by atoms with Gasteiger partial charge in [0.05, 0.1) is 5.92 Å². The Hall–Kier alpha value is -1.84. The molecule has 2 N–H and O–H groups in total. The molecule has 2 unspecified atom stereocenters. The molecule has 0 aliphatic carbocycles. The molecule has 1 aromatic carbocycles. The van der Waals surface area contributed by atoms with Crippen molar-refractivity contribution in [1.82, 2.24) is 5.32 Å². The van der Waals surface area contributed by atoms with Gasteiger partial charge >= 0.3 is 5.97 Å². The zero-order valence-corrected chi connectivity index (χ0v) is 11.4. The van der Waals surface area contributed by atoms with Gasteiger partial charge in [0.1, 0.15) is 0 Å². The van der Waals surface area contributed by atoms with Gasteiger partial charge in [-0.3, -0.25) is 9.59 Å². The van der Waals surface area contributed by atoms with Crippen LogP contribution in [0.1, 0.15) is 44.6 Å². The molecule has 0 bridgehead atoms. The fourth-order valence-electron chi connectivity index (χ4n) is 2.01. The quantitative estimate of drug-likeness (QED) is 0.794. The summed E-state index contributed by atoms with van der Waals surface area (Å²) in [6.07, 6.45) is 1.25. The molecule has 2 atom stereocenters. The normalized spacial score (nSPS) is 13.6. The fourth-order valence-corrected chi connectivity index (χ4v) is 2.01. The zero-order valence-electron chi connectivity index (χ0n) is 11.4. The lowest BCUT2D eigenvalue weighted by molar-refractivity contribution is -0.137. The van der Waals surface area contributed by atoms with Gasteiger partial charge in [-0.05, 0) is 25.3 Å². The molecule has 0 saturated carbocycles. The number of benzene rings is 1. The Morgan fingerprint density at radius 3 is 2.42 bits per heavy atom. The van der Waals surface area contributed by atoms with Crippen LogP contribution in [0.5, 0.6) is 0 Å². The van der Waals surface area contributed by atoms with Gasteiger partial charge in [0, 0.05) is 12.5 Å². The minimum atomic E-state index is -0.837. The lowest BCUT2D eigenvalue weighted by Crippen LogP contribution is -2.36. The summed E-state index contributed by atoms with van der Waals surface area (Å²) >= 11 is 0. The van der Waals surface area contributed by atoms with Crippen molar-refractivity contribution in [1.29, 1.82) is 0 Å². The van der Waals surface area contributed by atoms with Crippen molar-refractivity contribution in [3.8, 4) is 0 Å². The average Bonchev–Trinajstić information content (AvgIpc) is 2.38. The summed E-state index contributed by atoms with van der Waals surface area (Å²) in [5, 5.41) is 11.5. The van der Waals surface area contributed by atoms with Crippen LogP contribution in [-0.2, 0) is 9.59 Å². The maximum atomic E-state index is 12.2. The van der Waals surface area contributed by atoms with Crippen molar-refractivity contribution in [2.45, 2.75) is 45.1 Å². The third-order valence-electron chi connectivity index (χ3n) is 3.11. The van der Waals surface area contributed by atoms with Crippen LogP contribution in [0.2, 0.25) is 0 Å². The summed E-state index contributed by atoms with van der Waals surface area (Å²) in [5.74, 6) is -1.05. The Morgan fingerprint density at radius 2 is 1.89 bits per heavy atom. The molecule has 0 aliphatic rings. The number of hydrogen-bond acceptors (Lipinski definition) is 2. The van der Waals surface area contributed by atoms with E-state index in [9.17, 15) is 9.59 Å². The van der Waals surface area contributed by atoms with Gasteiger partial charge in [-0.15, -0.1) is 0 Å². The third-order valence-corrected chi connectivity index (χ3v) is 3.11. The highest BCUT2D eigenvalue weighted by Crippen LogP contribution is 2.19. The monoisotopic (exact) mass is 263 g/mol. The molecule has 0 saturated heterocycles. The molecule has 0 fully saturated rings. The van der Waals surface area contributed by atoms with Gasteiger partial charge in [-0.1, -0.05) is 37.3 Å². The van der Waals surface area contributed by atoms with E-state index >= 15 is 0 Å². The first-order valence-electron chi connectivity index (χ1n) is 6.61. The van der Waals surface area contributed by atoms with Crippen molar-refractivity contribution >= 4 is 11.9 Å². The topological polar surface area (TPSA) is 66.4 Å². The Labute approximate surface area is 113 Å². The lowest BCUT2D eigenvalue weighted by Gasteiger charge is -2.19. The van der Waals surface area contributed by atoms with Gasteiger partial charge in [0.25, 0.3) is 0 Å². The molecule has 0 heterocycles. The van der Waals surface area contributed by atoms with Crippen LogP contribution in [0, 0.1) is 0 Å². The maximum absolute atomic E-state index is 12.2. The number of rotatable bonds is 7. The van der Waals surface area contributed by atoms with Crippen LogP contribution in [0.4, 0.5) is 0 Å². The van der Waals surface area contributed by atoms with E-state index in [-0.39, 0.29) is 24.3 Å². The molecular formula is C15H21NO3. The van der Waals surface area contributed by atoms with Crippen LogP contribution in [0.25, 0.3) is 0 Å². The van der Waals surface area contributed by atoms with Crippen LogP contribution in [-0.4, -0.2) is 23.0 Å². The highest BCUT2D eigenvalue weighted by atomic mass is 16.4. The van der Waals surface area contributed by atoms with E-state index in [0.717, 1.165) is 12.0 Å². The van der Waals surface area contributed by atoms with Crippen molar-refractivity contribution in [3.63, 3.8) is 0 Å². The standard InChI is InChI=1S/C15H21NO3/c1-3-13(12-7-5-4-6-8-12)15(19)16-11(2)9-10-14(17)18/h4-8,11,13H,3,9-10H2,1-2H3,(H,16,19)(H,17,18). The predicted molar refractivity (Wildman–Crippen MR) is 73.9 cm³/mol. The van der Waals surface area contributed by atoms with Crippen molar-refractivity contribution in [2.24, 2.45) is 0 Å². The van der Waals surface area contributed by atoms with E-state index in [4.69, 9.17) is 5.11 Å². The van der Waals surface area contributed by atoms with E-state index < -0.39 is 5.97 Å². The van der Waals surface area contributed by atoms with Crippen LogP contribution >= 0.6 is 0 Å². The van der Waals surface area contributed by atoms with Gasteiger partial charge in [-0.2, -0.15) is 0 Å². The van der Waals surface area contributed by atoms with Crippen LogP contribution < -0.4 is 5.32 Å². The summed E-state index contributed by atoms with van der Waals surface area (Å²) in [5.41, 5.74) is 0.993. The third kappa shape index (κ3) is 5.12. The minimum Gasteiger partial charge on any atom is -0.481 e. The number of nitrogens with one attached hydrogen (secondary N) is 1. The van der Waals surface area contributed by atoms with Crippen LogP contribution in [0.15, 0.2) is 30.3 Å². The number of aliphatic carboxylic acids is 1. The average molecular weight is 263 g/mol. The van der Waals surface area contributed by atoms with Gasteiger partial charge in [-0.25, -0.2) is 0 Å². The number of carboxylic acid groups (broad SMARTS) is 1. The second kappa shape index (κ2) is 7.56. The van der Waals surface area contributed by atoms with Gasteiger partial charge < -0.3 is 10.4 Å². The number of hydrogen-bond donors (Lipinski definition) is 2. The highest BCUT2D eigenvalue weighted by Gasteiger charge is 2.20. The second-order valence-electron chi connectivity index (χ2n) is 4.71. The van der Waals surface area contributed by atoms with E-state index in [2.05, 4.69) is 5.32 Å². The van der Waals surface area contributed by atoms with E-state index in [1.807, 2.05) is 44.2 Å². The smallest absolute Gasteiger partial charge is 0.303 e. The lowest BCUT2D eigenvalue weighted by atomic mass is 9.95. The fraction of sp³-hybridized carbons (Fsp3) is 0.467. The maximum Gasteiger partial charge on any atom is 0.303 e. The summed E-state index contributed by atoms with van der Waals surface area (Å²) < 4.78 is 0. The largest absolute Gasteiger partial charge is 0.481 e. The SMILES string of the molecule is CCC(C(=O)NC(C)CCC(=O)O)c1ccccc1. The van der Waals surface area contributed by atoms with Crippen molar-refractivity contribution in [3.05, 3.63) is 35.9 Å².